The fourth-order valence-corrected chi connectivity index (χ4v) is 5.49. The fourth-order valence-electron chi connectivity index (χ4n) is 5.20. The van der Waals surface area contributed by atoms with Crippen molar-refractivity contribution < 1.29 is 27.9 Å². The summed E-state index contributed by atoms with van der Waals surface area (Å²) in [5.74, 6) is -3.01. The van der Waals surface area contributed by atoms with E-state index in [0.29, 0.717) is 40.5 Å². The molecule has 2 N–H and O–H groups in total. The van der Waals surface area contributed by atoms with Crippen LogP contribution in [0.2, 0.25) is 10.2 Å². The molecule has 0 spiro atoms. The number of benzene rings is 2. The first-order chi connectivity index (χ1) is 22.8. The highest BCUT2D eigenvalue weighted by molar-refractivity contribution is 6.31. The maximum absolute atomic E-state index is 13.7. The van der Waals surface area contributed by atoms with E-state index in [9.17, 15) is 22.8 Å². The summed E-state index contributed by atoms with van der Waals surface area (Å²) in [5, 5.41) is 18.8. The van der Waals surface area contributed by atoms with Crippen LogP contribution in [0.25, 0.3) is 28.1 Å². The number of amides is 1. The van der Waals surface area contributed by atoms with E-state index in [1.54, 1.807) is 47.7 Å². The molecule has 248 valence electrons. The number of rotatable bonds is 3. The van der Waals surface area contributed by atoms with Gasteiger partial charge in [0, 0.05) is 34.3 Å². The predicted molar refractivity (Wildman–Crippen MR) is 172 cm³/mol. The molecule has 2 aromatic carbocycles. The van der Waals surface area contributed by atoms with Gasteiger partial charge in [0.1, 0.15) is 0 Å². The van der Waals surface area contributed by atoms with E-state index in [1.165, 1.54) is 10.7 Å². The van der Waals surface area contributed by atoms with Gasteiger partial charge in [0.15, 0.2) is 5.15 Å². The highest BCUT2D eigenvalue weighted by Gasteiger charge is 2.38. The third kappa shape index (κ3) is 7.89. The summed E-state index contributed by atoms with van der Waals surface area (Å²) in [4.78, 5) is 44.4. The number of anilines is 1. The first-order valence-corrected chi connectivity index (χ1v) is 15.2. The molecule has 2 bridgehead atoms. The van der Waals surface area contributed by atoms with Gasteiger partial charge in [-0.05, 0) is 54.3 Å². The van der Waals surface area contributed by atoms with Gasteiger partial charge < -0.3 is 10.4 Å². The molecule has 1 aliphatic rings. The van der Waals surface area contributed by atoms with Crippen LogP contribution in [0.15, 0.2) is 84.3 Å². The summed E-state index contributed by atoms with van der Waals surface area (Å²) in [6.07, 6.45) is 3.50. The normalized spacial score (nSPS) is 16.3. The minimum Gasteiger partial charge on any atom is -0.475 e. The van der Waals surface area contributed by atoms with Crippen molar-refractivity contribution in [3.05, 3.63) is 106 Å². The van der Waals surface area contributed by atoms with Gasteiger partial charge in [-0.15, -0.1) is 5.10 Å². The number of hydrogen-bond donors (Lipinski definition) is 2. The van der Waals surface area contributed by atoms with Gasteiger partial charge in [-0.25, -0.2) is 14.5 Å². The molecule has 0 fully saturated rings. The van der Waals surface area contributed by atoms with Gasteiger partial charge in [-0.3, -0.25) is 19.1 Å². The van der Waals surface area contributed by atoms with Crippen LogP contribution in [-0.4, -0.2) is 52.7 Å². The van der Waals surface area contributed by atoms with Crippen molar-refractivity contribution in [3.63, 3.8) is 0 Å². The third-order valence-corrected chi connectivity index (χ3v) is 7.99. The van der Waals surface area contributed by atoms with E-state index in [0.717, 1.165) is 23.1 Å². The van der Waals surface area contributed by atoms with E-state index in [2.05, 4.69) is 31.7 Å². The number of pyridine rings is 1. The lowest BCUT2D eigenvalue weighted by Gasteiger charge is -2.23. The average molecular weight is 701 g/mol. The van der Waals surface area contributed by atoms with Gasteiger partial charge in [-0.2, -0.15) is 13.2 Å². The molecule has 0 aliphatic carbocycles. The minimum atomic E-state index is -5.08. The Balaban J connectivity index is 0.000000582. The summed E-state index contributed by atoms with van der Waals surface area (Å²) in [7, 11) is 0. The standard InChI is InChI=1S/C30H25Cl2N7O2.C2HF3O2/c1-18-4-2-7-26(20-6-3-5-19(12-20)22-10-11-33-15-25(22)35-30(18)41)38-17-34-24(14-29(38)40)23-13-21(31)8-9-27(23)39-16-28(32)36-37-39;3-2(4,5)1(6)7/h3,5-6,8-18,26H,2,4,7H2,1H3,(H,35,41);(H,6,7)/t18-,26+;/m1./s1. The first-order valence-electron chi connectivity index (χ1n) is 14.4. The minimum absolute atomic E-state index is 0.0540. The van der Waals surface area contributed by atoms with Crippen LogP contribution in [-0.2, 0) is 9.59 Å². The van der Waals surface area contributed by atoms with Crippen molar-refractivity contribution >= 4 is 40.8 Å². The van der Waals surface area contributed by atoms with E-state index < -0.39 is 12.1 Å². The summed E-state index contributed by atoms with van der Waals surface area (Å²) < 4.78 is 34.9. The van der Waals surface area contributed by atoms with E-state index >= 15 is 0 Å². The summed E-state index contributed by atoms with van der Waals surface area (Å²) in [6.45, 7) is 1.92. The van der Waals surface area contributed by atoms with Crippen LogP contribution in [0.4, 0.5) is 18.9 Å². The summed E-state index contributed by atoms with van der Waals surface area (Å²) >= 11 is 12.3. The zero-order valence-electron chi connectivity index (χ0n) is 25.0. The number of nitrogens with zero attached hydrogens (tertiary/aromatic N) is 6. The predicted octanol–water partition coefficient (Wildman–Crippen LogP) is 6.84. The van der Waals surface area contributed by atoms with Crippen molar-refractivity contribution in [2.45, 2.75) is 38.4 Å². The molecule has 2 atom stereocenters. The second kappa shape index (κ2) is 14.4. The van der Waals surface area contributed by atoms with E-state index in [-0.39, 0.29) is 28.6 Å². The van der Waals surface area contributed by atoms with Gasteiger partial charge in [-0.1, -0.05) is 60.0 Å². The number of carboxylic acids is 1. The lowest BCUT2D eigenvalue weighted by Crippen LogP contribution is -2.26. The van der Waals surface area contributed by atoms with E-state index in [1.807, 2.05) is 31.2 Å². The number of carbonyl (C=O) groups is 2. The van der Waals surface area contributed by atoms with Crippen molar-refractivity contribution in [2.24, 2.45) is 5.92 Å². The van der Waals surface area contributed by atoms with Crippen LogP contribution in [0, 0.1) is 5.92 Å². The van der Waals surface area contributed by atoms with Gasteiger partial charge in [0.25, 0.3) is 5.56 Å². The molecule has 1 aliphatic heterocycles. The molecule has 3 aromatic heterocycles. The second-order valence-corrected chi connectivity index (χ2v) is 11.7. The third-order valence-electron chi connectivity index (χ3n) is 7.58. The number of hydrogen-bond acceptors (Lipinski definition) is 7. The van der Waals surface area contributed by atoms with Crippen LogP contribution in [0.3, 0.4) is 0 Å². The van der Waals surface area contributed by atoms with Gasteiger partial charge >= 0.3 is 12.1 Å². The Morgan fingerprint density at radius 1 is 1.04 bits per heavy atom. The largest absolute Gasteiger partial charge is 0.490 e. The van der Waals surface area contributed by atoms with Crippen molar-refractivity contribution in [1.29, 1.82) is 0 Å². The summed E-state index contributed by atoms with van der Waals surface area (Å²) in [5.41, 5.74) is 4.91. The van der Waals surface area contributed by atoms with Gasteiger partial charge in [0.05, 0.1) is 41.8 Å². The molecule has 16 heteroatoms. The average Bonchev–Trinajstić information content (AvgIpc) is 3.48. The number of fused-ring (bicyclic) bond motifs is 4. The molecule has 48 heavy (non-hydrogen) atoms. The number of nitrogens with one attached hydrogen (secondary N) is 1. The maximum atomic E-state index is 13.7. The number of aromatic nitrogens is 6. The van der Waals surface area contributed by atoms with Crippen molar-refractivity contribution in [2.75, 3.05) is 5.32 Å². The fraction of sp³-hybridized carbons (Fsp3) is 0.219. The van der Waals surface area contributed by atoms with Gasteiger partial charge in [0.2, 0.25) is 5.91 Å². The monoisotopic (exact) mass is 699 g/mol. The van der Waals surface area contributed by atoms with Crippen molar-refractivity contribution in [1.82, 2.24) is 29.5 Å². The molecular weight excluding hydrogens is 674 g/mol. The highest BCUT2D eigenvalue weighted by atomic mass is 35.5. The smallest absolute Gasteiger partial charge is 0.475 e. The number of alkyl halides is 3. The highest BCUT2D eigenvalue weighted by Crippen LogP contribution is 2.34. The van der Waals surface area contributed by atoms with E-state index in [4.69, 9.17) is 33.1 Å². The molecule has 4 heterocycles. The Morgan fingerprint density at radius 2 is 1.81 bits per heavy atom. The first kappa shape index (κ1) is 34.3. The SMILES string of the molecule is C[C@@H]1CCC[C@H](n2cnc(-c3cc(Cl)ccc3-n3cc(Cl)nn3)cc2=O)c2cccc(c2)-c2ccncc2NC1=O.O=C(O)C(F)(F)F. The van der Waals surface area contributed by atoms with Crippen LogP contribution in [0.1, 0.15) is 37.8 Å². The molecule has 0 saturated heterocycles. The number of halogens is 5. The number of aliphatic carboxylic acids is 1. The summed E-state index contributed by atoms with van der Waals surface area (Å²) in [6, 6.07) is 16.4. The zero-order chi connectivity index (χ0) is 34.6. The maximum Gasteiger partial charge on any atom is 0.490 e. The Hall–Kier alpha value is -5.08. The molecule has 0 saturated carbocycles. The Bertz CT molecular complexity index is 2030. The van der Waals surface area contributed by atoms with Crippen LogP contribution in [0.5, 0.6) is 0 Å². The molecular formula is C32H26Cl2F3N7O4. The molecule has 6 rings (SSSR count). The molecule has 5 aromatic rings. The van der Waals surface area contributed by atoms with Crippen LogP contribution < -0.4 is 10.9 Å². The van der Waals surface area contributed by atoms with Crippen LogP contribution >= 0.6 is 23.2 Å². The topological polar surface area (TPSA) is 145 Å². The number of carboxylic acid groups (broad SMARTS) is 1. The Morgan fingerprint density at radius 3 is 2.50 bits per heavy atom. The lowest BCUT2D eigenvalue weighted by atomic mass is 9.93. The molecule has 0 radical (unpaired) electrons. The van der Waals surface area contributed by atoms with Crippen molar-refractivity contribution in [3.8, 4) is 28.1 Å². The molecule has 0 unspecified atom stereocenters. The number of carbonyl (C=O) groups excluding carboxylic acids is 1. The lowest BCUT2D eigenvalue weighted by molar-refractivity contribution is -0.192. The Kier molecular flexibility index (Phi) is 10.2. The molecule has 1 amide bonds. The molecule has 11 nitrogen and oxygen atoms in total. The quantitative estimate of drug-likeness (QED) is 0.208. The Labute approximate surface area is 281 Å². The zero-order valence-corrected chi connectivity index (χ0v) is 26.5. The second-order valence-electron chi connectivity index (χ2n) is 10.9.